The van der Waals surface area contributed by atoms with E-state index in [2.05, 4.69) is 15.7 Å². The predicted molar refractivity (Wildman–Crippen MR) is 106 cm³/mol. The van der Waals surface area contributed by atoms with E-state index in [0.29, 0.717) is 36.3 Å². The summed E-state index contributed by atoms with van der Waals surface area (Å²) in [4.78, 5) is 24.1. The molecule has 0 saturated carbocycles. The summed E-state index contributed by atoms with van der Waals surface area (Å²) in [5.41, 5.74) is 0.0756. The number of nitrogens with zero attached hydrogens (tertiary/aromatic N) is 2. The van der Waals surface area contributed by atoms with Crippen molar-refractivity contribution in [3.05, 3.63) is 77.6 Å². The van der Waals surface area contributed by atoms with Crippen molar-refractivity contribution in [2.75, 3.05) is 13.1 Å². The van der Waals surface area contributed by atoms with Gasteiger partial charge in [0, 0.05) is 30.4 Å². The van der Waals surface area contributed by atoms with Crippen LogP contribution in [-0.2, 0) is 6.18 Å². The molecule has 1 heterocycles. The van der Waals surface area contributed by atoms with Gasteiger partial charge in [-0.05, 0) is 55.0 Å². The fourth-order valence-corrected chi connectivity index (χ4v) is 2.73. The highest BCUT2D eigenvalue weighted by Gasteiger charge is 2.33. The first kappa shape index (κ1) is 21.9. The third-order valence-corrected chi connectivity index (χ3v) is 4.31. The summed E-state index contributed by atoms with van der Waals surface area (Å²) < 4.78 is 39.0. The zero-order valence-electron chi connectivity index (χ0n) is 16.2. The fourth-order valence-electron chi connectivity index (χ4n) is 2.73. The zero-order chi connectivity index (χ0) is 22.4. The molecule has 10 heteroatoms. The molecular weight excluding hydrogens is 413 g/mol. The highest BCUT2D eigenvalue weighted by atomic mass is 19.4. The summed E-state index contributed by atoms with van der Waals surface area (Å²) in [5.74, 6) is -0.674. The van der Waals surface area contributed by atoms with Crippen LogP contribution in [0.4, 0.5) is 13.2 Å². The van der Waals surface area contributed by atoms with Gasteiger partial charge in [-0.25, -0.2) is 4.68 Å². The van der Waals surface area contributed by atoms with E-state index in [0.717, 1.165) is 10.7 Å². The molecule has 0 aliphatic heterocycles. The SMILES string of the molecule is O=C(NCCCNC(=O)c1cccc(O)c1)c1ccc(-n2ccc(C(F)(F)F)n2)cc1. The molecule has 7 nitrogen and oxygen atoms in total. The van der Waals surface area contributed by atoms with E-state index in [9.17, 15) is 27.9 Å². The molecule has 2 amide bonds. The zero-order valence-corrected chi connectivity index (χ0v) is 16.2. The second-order valence-corrected chi connectivity index (χ2v) is 6.61. The molecular formula is C21H19F3N4O3. The van der Waals surface area contributed by atoms with Crippen LogP contribution in [0.3, 0.4) is 0 Å². The lowest BCUT2D eigenvalue weighted by atomic mass is 10.2. The van der Waals surface area contributed by atoms with Crippen molar-refractivity contribution in [3.8, 4) is 11.4 Å². The maximum atomic E-state index is 12.6. The Morgan fingerprint density at radius 3 is 2.16 bits per heavy atom. The van der Waals surface area contributed by atoms with Gasteiger partial charge < -0.3 is 15.7 Å². The molecule has 0 spiro atoms. The number of hydrogen-bond donors (Lipinski definition) is 3. The molecule has 162 valence electrons. The van der Waals surface area contributed by atoms with Crippen LogP contribution in [0.2, 0.25) is 0 Å². The third kappa shape index (κ3) is 5.84. The minimum atomic E-state index is -4.52. The first-order valence-electron chi connectivity index (χ1n) is 9.33. The maximum absolute atomic E-state index is 12.6. The van der Waals surface area contributed by atoms with E-state index < -0.39 is 11.9 Å². The Morgan fingerprint density at radius 1 is 0.935 bits per heavy atom. The van der Waals surface area contributed by atoms with E-state index in [1.54, 1.807) is 12.1 Å². The molecule has 0 unspecified atom stereocenters. The fraction of sp³-hybridized carbons (Fsp3) is 0.190. The van der Waals surface area contributed by atoms with Gasteiger partial charge in [0.15, 0.2) is 5.69 Å². The Kier molecular flexibility index (Phi) is 6.58. The van der Waals surface area contributed by atoms with Crippen LogP contribution < -0.4 is 10.6 Å². The molecule has 31 heavy (non-hydrogen) atoms. The molecule has 0 aliphatic rings. The van der Waals surface area contributed by atoms with Gasteiger partial charge in [0.25, 0.3) is 11.8 Å². The van der Waals surface area contributed by atoms with Gasteiger partial charge >= 0.3 is 6.18 Å². The molecule has 3 N–H and O–H groups in total. The molecule has 3 aromatic rings. The van der Waals surface area contributed by atoms with E-state index in [1.807, 2.05) is 0 Å². The lowest BCUT2D eigenvalue weighted by molar-refractivity contribution is -0.141. The smallest absolute Gasteiger partial charge is 0.435 e. The standard InChI is InChI=1S/C21H19F3N4O3/c22-21(23,24)18-9-12-28(27-18)16-7-5-14(6-8-16)19(30)25-10-2-11-26-20(31)15-3-1-4-17(29)13-15/h1,3-9,12-13,29H,2,10-11H2,(H,25,30)(H,26,31). The first-order valence-corrected chi connectivity index (χ1v) is 9.33. The van der Waals surface area contributed by atoms with Crippen molar-refractivity contribution in [2.45, 2.75) is 12.6 Å². The number of phenolic OH excluding ortho intramolecular Hbond substituents is 1. The summed E-state index contributed by atoms with van der Waals surface area (Å²) >= 11 is 0. The van der Waals surface area contributed by atoms with Gasteiger partial charge in [-0.3, -0.25) is 9.59 Å². The van der Waals surface area contributed by atoms with Gasteiger partial charge in [0.05, 0.1) is 5.69 Å². The van der Waals surface area contributed by atoms with E-state index >= 15 is 0 Å². The largest absolute Gasteiger partial charge is 0.508 e. The molecule has 0 radical (unpaired) electrons. The minimum Gasteiger partial charge on any atom is -0.508 e. The van der Waals surface area contributed by atoms with Crippen LogP contribution in [-0.4, -0.2) is 39.8 Å². The Bertz CT molecular complexity index is 1060. The number of amides is 2. The number of hydrogen-bond acceptors (Lipinski definition) is 4. The number of alkyl halides is 3. The Balaban J connectivity index is 1.44. The number of carbonyl (C=O) groups is 2. The topological polar surface area (TPSA) is 96.3 Å². The van der Waals surface area contributed by atoms with E-state index in [1.165, 1.54) is 42.6 Å². The van der Waals surface area contributed by atoms with Crippen molar-refractivity contribution in [1.82, 2.24) is 20.4 Å². The Hall–Kier alpha value is -3.82. The average molecular weight is 432 g/mol. The predicted octanol–water partition coefficient (Wildman–Crippen LogP) is 3.15. The van der Waals surface area contributed by atoms with Crippen LogP contribution in [0, 0.1) is 0 Å². The number of halogens is 3. The number of rotatable bonds is 7. The second kappa shape index (κ2) is 9.33. The summed E-state index contributed by atoms with van der Waals surface area (Å²) in [5, 5.41) is 18.2. The van der Waals surface area contributed by atoms with Gasteiger partial charge in [0.2, 0.25) is 0 Å². The van der Waals surface area contributed by atoms with Crippen molar-refractivity contribution < 1.29 is 27.9 Å². The molecule has 0 fully saturated rings. The number of phenols is 1. The second-order valence-electron chi connectivity index (χ2n) is 6.61. The van der Waals surface area contributed by atoms with Crippen molar-refractivity contribution in [2.24, 2.45) is 0 Å². The molecule has 0 bridgehead atoms. The molecule has 3 rings (SSSR count). The molecule has 2 aromatic carbocycles. The van der Waals surface area contributed by atoms with Crippen molar-refractivity contribution in [1.29, 1.82) is 0 Å². The number of benzene rings is 2. The molecule has 0 atom stereocenters. The summed E-state index contributed by atoms with van der Waals surface area (Å²) in [7, 11) is 0. The van der Waals surface area contributed by atoms with Gasteiger partial charge in [-0.1, -0.05) is 6.07 Å². The lowest BCUT2D eigenvalue weighted by Gasteiger charge is -2.08. The van der Waals surface area contributed by atoms with Crippen molar-refractivity contribution in [3.63, 3.8) is 0 Å². The quantitative estimate of drug-likeness (QED) is 0.500. The monoisotopic (exact) mass is 432 g/mol. The van der Waals surface area contributed by atoms with Gasteiger partial charge in [-0.15, -0.1) is 0 Å². The van der Waals surface area contributed by atoms with Gasteiger partial charge in [0.1, 0.15) is 5.75 Å². The number of carbonyl (C=O) groups excluding carboxylic acids is 2. The van der Waals surface area contributed by atoms with Crippen LogP contribution in [0.5, 0.6) is 5.75 Å². The average Bonchev–Trinajstić information content (AvgIpc) is 3.24. The summed E-state index contributed by atoms with van der Waals surface area (Å²) in [6.07, 6.45) is -2.84. The van der Waals surface area contributed by atoms with Gasteiger partial charge in [-0.2, -0.15) is 18.3 Å². The normalized spacial score (nSPS) is 11.2. The Labute approximate surface area is 175 Å². The maximum Gasteiger partial charge on any atom is 0.435 e. The number of nitrogens with one attached hydrogen (secondary N) is 2. The summed E-state index contributed by atoms with van der Waals surface area (Å²) in [6, 6.07) is 12.8. The number of aromatic hydroxyl groups is 1. The highest BCUT2D eigenvalue weighted by Crippen LogP contribution is 2.27. The highest BCUT2D eigenvalue weighted by molar-refractivity contribution is 5.95. The van der Waals surface area contributed by atoms with E-state index in [4.69, 9.17) is 0 Å². The molecule has 0 aliphatic carbocycles. The lowest BCUT2D eigenvalue weighted by Crippen LogP contribution is -2.29. The van der Waals surface area contributed by atoms with Crippen LogP contribution in [0.25, 0.3) is 5.69 Å². The first-order chi connectivity index (χ1) is 14.7. The Morgan fingerprint density at radius 2 is 1.58 bits per heavy atom. The molecule has 0 saturated heterocycles. The van der Waals surface area contributed by atoms with Crippen LogP contribution >= 0.6 is 0 Å². The van der Waals surface area contributed by atoms with E-state index in [-0.39, 0.29) is 17.6 Å². The van der Waals surface area contributed by atoms with Crippen LogP contribution in [0.15, 0.2) is 60.8 Å². The summed E-state index contributed by atoms with van der Waals surface area (Å²) in [6.45, 7) is 0.642. The van der Waals surface area contributed by atoms with Crippen LogP contribution in [0.1, 0.15) is 32.8 Å². The minimum absolute atomic E-state index is 0.000666. The number of aromatic nitrogens is 2. The van der Waals surface area contributed by atoms with Crippen molar-refractivity contribution >= 4 is 11.8 Å². The molecule has 1 aromatic heterocycles. The third-order valence-electron chi connectivity index (χ3n) is 4.31.